The van der Waals surface area contributed by atoms with Crippen molar-refractivity contribution < 1.29 is 22.8 Å². The van der Waals surface area contributed by atoms with Gasteiger partial charge in [-0.3, -0.25) is 9.79 Å². The fourth-order valence-corrected chi connectivity index (χ4v) is 4.57. The number of rotatable bonds is 5. The summed E-state index contributed by atoms with van der Waals surface area (Å²) >= 11 is 5.71. The summed E-state index contributed by atoms with van der Waals surface area (Å²) in [7, 11) is 0. The highest BCUT2D eigenvalue weighted by Crippen LogP contribution is 2.28. The predicted molar refractivity (Wildman–Crippen MR) is 145 cm³/mol. The Labute approximate surface area is 227 Å². The predicted octanol–water partition coefficient (Wildman–Crippen LogP) is 6.14. The van der Waals surface area contributed by atoms with Gasteiger partial charge in [0.05, 0.1) is 11.4 Å². The Kier molecular flexibility index (Phi) is 7.98. The Morgan fingerprint density at radius 2 is 1.81 bits per heavy atom. The zero-order valence-corrected chi connectivity index (χ0v) is 22.2. The number of hydrogen-bond acceptors (Lipinski definition) is 3. The van der Waals surface area contributed by atoms with Gasteiger partial charge in [-0.1, -0.05) is 46.3 Å². The molecule has 3 N–H and O–H groups in total. The molecule has 0 fully saturated rings. The van der Waals surface area contributed by atoms with E-state index < -0.39 is 24.8 Å². The van der Waals surface area contributed by atoms with Crippen molar-refractivity contribution in [1.82, 2.24) is 5.32 Å². The van der Waals surface area contributed by atoms with Gasteiger partial charge in [-0.2, -0.15) is 13.2 Å². The first-order valence-corrected chi connectivity index (χ1v) is 12.6. The average Bonchev–Trinajstić information content (AvgIpc) is 2.95. The molecule has 3 aromatic carbocycles. The molecule has 1 atom stereocenters. The van der Waals surface area contributed by atoms with Gasteiger partial charge in [0.25, 0.3) is 0 Å². The van der Waals surface area contributed by atoms with Crippen LogP contribution in [0.25, 0.3) is 0 Å². The lowest BCUT2D eigenvalue weighted by molar-refractivity contribution is -0.122. The van der Waals surface area contributed by atoms with E-state index in [4.69, 9.17) is 4.99 Å². The lowest BCUT2D eigenvalue weighted by atomic mass is 10.00. The zero-order valence-electron chi connectivity index (χ0n) is 18.5. The number of carbonyl (C=O) groups excluding carboxylic acids is 2. The van der Waals surface area contributed by atoms with Gasteiger partial charge in [0.1, 0.15) is 12.6 Å². The van der Waals surface area contributed by atoms with E-state index in [1.54, 1.807) is 29.6 Å². The summed E-state index contributed by atoms with van der Waals surface area (Å²) in [5.74, 6) is -0.233. The highest BCUT2D eigenvalue weighted by atomic mass is 127. The molecule has 0 saturated carbocycles. The van der Waals surface area contributed by atoms with Crippen LogP contribution in [0.2, 0.25) is 0 Å². The number of urea groups is 1. The molecule has 1 aliphatic rings. The van der Waals surface area contributed by atoms with E-state index in [2.05, 4.69) is 49.2 Å². The van der Waals surface area contributed by atoms with Crippen LogP contribution in [-0.4, -0.2) is 36.4 Å². The molecule has 0 spiro atoms. The molecule has 6 nitrogen and oxygen atoms in total. The van der Waals surface area contributed by atoms with E-state index in [1.165, 1.54) is 0 Å². The van der Waals surface area contributed by atoms with Crippen molar-refractivity contribution in [3.05, 3.63) is 91.5 Å². The average molecular weight is 671 g/mol. The van der Waals surface area contributed by atoms with E-state index in [-0.39, 0.29) is 5.91 Å². The van der Waals surface area contributed by atoms with Crippen LogP contribution in [0, 0.1) is 3.57 Å². The van der Waals surface area contributed by atoms with Crippen molar-refractivity contribution in [2.75, 3.05) is 17.2 Å². The van der Waals surface area contributed by atoms with Crippen LogP contribution in [0.4, 0.5) is 29.3 Å². The van der Waals surface area contributed by atoms with E-state index in [1.807, 2.05) is 42.5 Å². The molecule has 186 valence electrons. The number of halogens is 5. The largest absolute Gasteiger partial charge is 0.405 e. The van der Waals surface area contributed by atoms with Crippen LogP contribution in [-0.2, 0) is 11.2 Å². The van der Waals surface area contributed by atoms with Gasteiger partial charge in [-0.05, 0) is 64.6 Å². The van der Waals surface area contributed by atoms with Crippen LogP contribution >= 0.6 is 38.5 Å². The van der Waals surface area contributed by atoms with E-state index in [0.717, 1.165) is 19.2 Å². The number of alkyl halides is 3. The summed E-state index contributed by atoms with van der Waals surface area (Å²) in [6.45, 7) is -1.43. The van der Waals surface area contributed by atoms with Crippen LogP contribution < -0.4 is 16.0 Å². The van der Waals surface area contributed by atoms with Crippen LogP contribution in [0.5, 0.6) is 0 Å². The second kappa shape index (κ2) is 11.0. The number of fused-ring (bicyclic) bond motifs is 1. The number of anilines is 2. The third kappa shape index (κ3) is 6.64. The molecule has 4 rings (SSSR count). The first-order chi connectivity index (χ1) is 17.1. The van der Waals surface area contributed by atoms with Gasteiger partial charge in [-0.15, -0.1) is 0 Å². The van der Waals surface area contributed by atoms with Crippen molar-refractivity contribution in [3.63, 3.8) is 0 Å². The maximum absolute atomic E-state index is 13.1. The lowest BCUT2D eigenvalue weighted by Gasteiger charge is -2.13. The number of carbonyl (C=O) groups is 2. The maximum Gasteiger partial charge on any atom is 0.405 e. The van der Waals surface area contributed by atoms with Crippen LogP contribution in [0.1, 0.15) is 16.7 Å². The summed E-state index contributed by atoms with van der Waals surface area (Å²) in [6.07, 6.45) is -4.12. The normalized spacial score (nSPS) is 15.3. The van der Waals surface area contributed by atoms with Crippen molar-refractivity contribution in [2.24, 2.45) is 4.99 Å². The Hall–Kier alpha value is -2.93. The molecular formula is C25H19BrF3IN4O2. The minimum atomic E-state index is -4.50. The number of benzodiazepines with no additional fused rings is 1. The first kappa shape index (κ1) is 26.1. The third-order valence-electron chi connectivity index (χ3n) is 5.32. The molecule has 0 saturated heterocycles. The Bertz CT molecular complexity index is 1330. The Morgan fingerprint density at radius 1 is 1.08 bits per heavy atom. The summed E-state index contributed by atoms with van der Waals surface area (Å²) in [5, 5.41) is 7.12. The Balaban J connectivity index is 1.65. The second-order valence-electron chi connectivity index (χ2n) is 7.97. The van der Waals surface area contributed by atoms with Gasteiger partial charge >= 0.3 is 12.2 Å². The zero-order chi connectivity index (χ0) is 25.9. The minimum Gasteiger partial charge on any atom is -0.329 e. The summed E-state index contributed by atoms with van der Waals surface area (Å²) in [5.41, 5.74) is 3.90. The quantitative estimate of drug-likeness (QED) is 0.285. The number of benzene rings is 3. The van der Waals surface area contributed by atoms with Crippen LogP contribution in [0.15, 0.2) is 76.2 Å². The number of amides is 3. The minimum absolute atomic E-state index is 0.233. The molecule has 0 aromatic heterocycles. The lowest BCUT2D eigenvalue weighted by Crippen LogP contribution is -2.36. The highest BCUT2D eigenvalue weighted by Gasteiger charge is 2.28. The van der Waals surface area contributed by atoms with Gasteiger partial charge in [0.2, 0.25) is 5.91 Å². The van der Waals surface area contributed by atoms with E-state index in [9.17, 15) is 22.8 Å². The van der Waals surface area contributed by atoms with Gasteiger partial charge in [-0.25, -0.2) is 4.79 Å². The molecule has 3 amide bonds. The van der Waals surface area contributed by atoms with Gasteiger partial charge in [0.15, 0.2) is 0 Å². The fourth-order valence-electron chi connectivity index (χ4n) is 3.63. The van der Waals surface area contributed by atoms with E-state index in [0.29, 0.717) is 29.1 Å². The number of hydrogen-bond donors (Lipinski definition) is 3. The molecule has 3 aromatic rings. The number of aliphatic imine (C=N–C) groups is 1. The van der Waals surface area contributed by atoms with E-state index >= 15 is 0 Å². The third-order valence-corrected chi connectivity index (χ3v) is 6.76. The highest BCUT2D eigenvalue weighted by molar-refractivity contribution is 14.1. The molecule has 1 unspecified atom stereocenters. The SMILES string of the molecule is O=C(NCC(F)(F)F)Nc1ccc(C2=NC(Cc3ccccc3Br)C(=O)Nc3ccc(I)cc32)cc1. The molecule has 0 bridgehead atoms. The molecular weight excluding hydrogens is 652 g/mol. The maximum atomic E-state index is 13.1. The Morgan fingerprint density at radius 3 is 2.50 bits per heavy atom. The van der Waals surface area contributed by atoms with Gasteiger partial charge in [0, 0.05) is 31.3 Å². The number of nitrogens with one attached hydrogen (secondary N) is 3. The standard InChI is InChI=1S/C25H19BrF3IN4O2/c26-19-4-2-1-3-15(19)11-21-23(35)34-20-10-7-16(30)12-18(20)22(33-21)14-5-8-17(9-6-14)32-24(36)31-13-25(27,28)29/h1-10,12,21H,11,13H2,(H,34,35)(H2,31,32,36). The fraction of sp³-hybridized carbons (Fsp3) is 0.160. The molecule has 1 heterocycles. The summed E-state index contributed by atoms with van der Waals surface area (Å²) < 4.78 is 38.8. The molecule has 0 radical (unpaired) electrons. The molecule has 1 aliphatic heterocycles. The smallest absolute Gasteiger partial charge is 0.329 e. The summed E-state index contributed by atoms with van der Waals surface area (Å²) in [6, 6.07) is 18.1. The first-order valence-electron chi connectivity index (χ1n) is 10.7. The van der Waals surface area contributed by atoms with Crippen molar-refractivity contribution in [2.45, 2.75) is 18.6 Å². The number of nitrogens with zero attached hydrogens (tertiary/aromatic N) is 1. The van der Waals surface area contributed by atoms with Crippen molar-refractivity contribution in [1.29, 1.82) is 0 Å². The molecule has 36 heavy (non-hydrogen) atoms. The monoisotopic (exact) mass is 670 g/mol. The van der Waals surface area contributed by atoms with Crippen LogP contribution in [0.3, 0.4) is 0 Å². The summed E-state index contributed by atoms with van der Waals surface area (Å²) in [4.78, 5) is 29.7. The topological polar surface area (TPSA) is 82.6 Å². The van der Waals surface area contributed by atoms with Crippen molar-refractivity contribution >= 4 is 67.5 Å². The van der Waals surface area contributed by atoms with Gasteiger partial charge < -0.3 is 16.0 Å². The second-order valence-corrected chi connectivity index (χ2v) is 10.1. The van der Waals surface area contributed by atoms with Crippen molar-refractivity contribution in [3.8, 4) is 0 Å². The molecule has 11 heteroatoms. The molecule has 0 aliphatic carbocycles.